The van der Waals surface area contributed by atoms with Crippen LogP contribution in [0.15, 0.2) is 21.5 Å². The average Bonchev–Trinajstić information content (AvgIpc) is 2.28. The number of nitrogen functional groups attached to an aromatic ring is 1. The molecule has 0 aromatic heterocycles. The van der Waals surface area contributed by atoms with Crippen molar-refractivity contribution in [3.8, 4) is 0 Å². The van der Waals surface area contributed by atoms with Crippen molar-refractivity contribution < 1.29 is 21.6 Å². The number of benzene rings is 1. The molecule has 10 heteroatoms. The number of thioether (sulfide) groups is 1. The molecule has 0 heterocycles. The highest BCUT2D eigenvalue weighted by Gasteiger charge is 2.28. The Kier molecular flexibility index (Phi) is 5.76. The highest BCUT2D eigenvalue weighted by molar-refractivity contribution is 9.10. The molecule has 0 amide bonds. The maximum absolute atomic E-state index is 12.0. The van der Waals surface area contributed by atoms with Crippen molar-refractivity contribution in [2.24, 2.45) is 0 Å². The molecule has 4 nitrogen and oxygen atoms in total. The SMILES string of the molecule is Cc1cc(Br)c(N)cc1S(=O)(=O)NCCSC(F)(F)F. The Labute approximate surface area is 127 Å². The van der Waals surface area contributed by atoms with Crippen LogP contribution < -0.4 is 10.5 Å². The molecule has 1 rings (SSSR count). The minimum absolute atomic E-state index is 0.0461. The third kappa shape index (κ3) is 5.15. The lowest BCUT2D eigenvalue weighted by Crippen LogP contribution is -2.27. The van der Waals surface area contributed by atoms with Crippen LogP contribution in [0.25, 0.3) is 0 Å². The maximum Gasteiger partial charge on any atom is 0.441 e. The predicted molar refractivity (Wildman–Crippen MR) is 77.0 cm³/mol. The summed E-state index contributed by atoms with van der Waals surface area (Å²) in [4.78, 5) is -0.0461. The van der Waals surface area contributed by atoms with E-state index in [1.54, 1.807) is 6.92 Å². The summed E-state index contributed by atoms with van der Waals surface area (Å²) in [5.74, 6) is -0.395. The first-order chi connectivity index (χ1) is 9.03. The predicted octanol–water partition coefficient (Wildman–Crippen LogP) is 2.87. The van der Waals surface area contributed by atoms with Gasteiger partial charge < -0.3 is 5.73 Å². The van der Waals surface area contributed by atoms with Gasteiger partial charge in [0.2, 0.25) is 10.0 Å². The van der Waals surface area contributed by atoms with Gasteiger partial charge in [-0.15, -0.1) is 0 Å². The maximum atomic E-state index is 12.0. The number of rotatable bonds is 5. The first-order valence-electron chi connectivity index (χ1n) is 5.29. The first-order valence-corrected chi connectivity index (χ1v) is 8.55. The number of hydrogen-bond acceptors (Lipinski definition) is 4. The lowest BCUT2D eigenvalue weighted by Gasteiger charge is -2.11. The standard InChI is InChI=1S/C10H12BrF3N2O2S2/c1-6-4-7(11)8(15)5-9(6)20(17,18)16-2-3-19-10(12,13)14/h4-5,16H,2-3,15H2,1H3. The van der Waals surface area contributed by atoms with E-state index < -0.39 is 21.3 Å². The van der Waals surface area contributed by atoms with E-state index in [-0.39, 0.29) is 28.9 Å². The van der Waals surface area contributed by atoms with Crippen molar-refractivity contribution in [3.63, 3.8) is 0 Å². The van der Waals surface area contributed by atoms with Gasteiger partial charge >= 0.3 is 5.51 Å². The van der Waals surface area contributed by atoms with Gasteiger partial charge in [-0.2, -0.15) is 13.2 Å². The van der Waals surface area contributed by atoms with E-state index in [9.17, 15) is 21.6 Å². The first kappa shape index (κ1) is 17.6. The molecule has 3 N–H and O–H groups in total. The summed E-state index contributed by atoms with van der Waals surface area (Å²) in [5.41, 5.74) is 1.92. The Morgan fingerprint density at radius 3 is 2.55 bits per heavy atom. The van der Waals surface area contributed by atoms with Gasteiger partial charge in [-0.1, -0.05) is 0 Å². The van der Waals surface area contributed by atoms with Crippen LogP contribution in [0, 0.1) is 6.92 Å². The molecule has 114 valence electrons. The summed E-state index contributed by atoms with van der Waals surface area (Å²) in [6.07, 6.45) is 0. The lowest BCUT2D eigenvalue weighted by molar-refractivity contribution is -0.0327. The van der Waals surface area contributed by atoms with Gasteiger partial charge in [0.15, 0.2) is 0 Å². The number of hydrogen-bond donors (Lipinski definition) is 2. The van der Waals surface area contributed by atoms with E-state index in [2.05, 4.69) is 20.7 Å². The van der Waals surface area contributed by atoms with Gasteiger partial charge in [-0.3, -0.25) is 0 Å². The molecule has 0 saturated carbocycles. The number of sulfonamides is 1. The second-order valence-electron chi connectivity index (χ2n) is 3.83. The van der Waals surface area contributed by atoms with E-state index in [0.29, 0.717) is 10.0 Å². The van der Waals surface area contributed by atoms with Crippen LogP contribution in [0.5, 0.6) is 0 Å². The van der Waals surface area contributed by atoms with Crippen LogP contribution in [0.2, 0.25) is 0 Å². The Hall–Kier alpha value is -0.450. The molecule has 0 spiro atoms. The van der Waals surface area contributed by atoms with Crippen LogP contribution in [0.4, 0.5) is 18.9 Å². The Morgan fingerprint density at radius 1 is 1.40 bits per heavy atom. The number of anilines is 1. The third-order valence-electron chi connectivity index (χ3n) is 2.24. The second kappa shape index (κ2) is 6.54. The van der Waals surface area contributed by atoms with Crippen LogP contribution >= 0.6 is 27.7 Å². The molecular formula is C10H12BrF3N2O2S2. The number of nitrogens with two attached hydrogens (primary N) is 1. The Bertz CT molecular complexity index is 591. The van der Waals surface area contributed by atoms with Crippen molar-refractivity contribution >= 4 is 43.4 Å². The zero-order valence-electron chi connectivity index (χ0n) is 10.3. The van der Waals surface area contributed by atoms with Gasteiger partial charge in [0, 0.05) is 22.5 Å². The highest BCUT2D eigenvalue weighted by atomic mass is 79.9. The fourth-order valence-corrected chi connectivity index (χ4v) is 3.69. The summed E-state index contributed by atoms with van der Waals surface area (Å²) in [7, 11) is -3.88. The van der Waals surface area contributed by atoms with Crippen molar-refractivity contribution in [3.05, 3.63) is 22.2 Å². The van der Waals surface area contributed by atoms with E-state index in [4.69, 9.17) is 5.73 Å². The number of aryl methyl sites for hydroxylation is 1. The minimum atomic E-state index is -4.37. The molecule has 0 unspecified atom stereocenters. The number of nitrogens with one attached hydrogen (secondary N) is 1. The molecule has 0 radical (unpaired) electrons. The van der Waals surface area contributed by atoms with Gasteiger partial charge in [0.25, 0.3) is 0 Å². The van der Waals surface area contributed by atoms with Crippen molar-refractivity contribution in [2.75, 3.05) is 18.0 Å². The molecule has 0 atom stereocenters. The third-order valence-corrected chi connectivity index (χ3v) is 5.27. The number of alkyl halides is 3. The van der Waals surface area contributed by atoms with Gasteiger partial charge in [0.1, 0.15) is 0 Å². The topological polar surface area (TPSA) is 72.2 Å². The zero-order valence-corrected chi connectivity index (χ0v) is 13.5. The zero-order chi connectivity index (χ0) is 15.6. The smallest absolute Gasteiger partial charge is 0.398 e. The van der Waals surface area contributed by atoms with E-state index >= 15 is 0 Å². The molecule has 0 aliphatic heterocycles. The Balaban J connectivity index is 2.77. The van der Waals surface area contributed by atoms with Gasteiger partial charge in [-0.05, 0) is 52.3 Å². The molecule has 0 fully saturated rings. The highest BCUT2D eigenvalue weighted by Crippen LogP contribution is 2.30. The number of halogens is 4. The van der Waals surface area contributed by atoms with Crippen LogP contribution in [-0.4, -0.2) is 26.2 Å². The summed E-state index contributed by atoms with van der Waals surface area (Å²) >= 11 is 2.88. The van der Waals surface area contributed by atoms with Crippen LogP contribution in [-0.2, 0) is 10.0 Å². The van der Waals surface area contributed by atoms with Crippen molar-refractivity contribution in [1.29, 1.82) is 0 Å². The van der Waals surface area contributed by atoms with E-state index in [1.165, 1.54) is 12.1 Å². The monoisotopic (exact) mass is 392 g/mol. The summed E-state index contributed by atoms with van der Waals surface area (Å²) in [6, 6.07) is 2.80. The molecule has 0 saturated heterocycles. The minimum Gasteiger partial charge on any atom is -0.398 e. The van der Waals surface area contributed by atoms with Gasteiger partial charge in [0.05, 0.1) is 4.90 Å². The molecule has 1 aromatic rings. The fraction of sp³-hybridized carbons (Fsp3) is 0.400. The lowest BCUT2D eigenvalue weighted by atomic mass is 10.2. The summed E-state index contributed by atoms with van der Waals surface area (Å²) in [6.45, 7) is 1.26. The fourth-order valence-electron chi connectivity index (χ4n) is 1.38. The Morgan fingerprint density at radius 2 is 2.00 bits per heavy atom. The normalized spacial score (nSPS) is 12.7. The molecular weight excluding hydrogens is 381 g/mol. The average molecular weight is 393 g/mol. The van der Waals surface area contributed by atoms with Gasteiger partial charge in [-0.25, -0.2) is 13.1 Å². The van der Waals surface area contributed by atoms with Crippen molar-refractivity contribution in [1.82, 2.24) is 4.72 Å². The molecule has 0 aliphatic carbocycles. The van der Waals surface area contributed by atoms with Crippen LogP contribution in [0.1, 0.15) is 5.56 Å². The molecule has 0 bridgehead atoms. The van der Waals surface area contributed by atoms with Crippen molar-refractivity contribution in [2.45, 2.75) is 17.3 Å². The van der Waals surface area contributed by atoms with E-state index in [0.717, 1.165) is 0 Å². The molecule has 0 aliphatic rings. The van der Waals surface area contributed by atoms with Crippen LogP contribution in [0.3, 0.4) is 0 Å². The quantitative estimate of drug-likeness (QED) is 0.596. The van der Waals surface area contributed by atoms with E-state index in [1.807, 2.05) is 0 Å². The molecule has 20 heavy (non-hydrogen) atoms. The summed E-state index contributed by atoms with van der Waals surface area (Å²) < 4.78 is 62.4. The summed E-state index contributed by atoms with van der Waals surface area (Å²) in [5, 5.41) is 0. The largest absolute Gasteiger partial charge is 0.441 e. The second-order valence-corrected chi connectivity index (χ2v) is 7.58. The molecule has 1 aromatic carbocycles.